The van der Waals surface area contributed by atoms with Crippen molar-refractivity contribution in [2.75, 3.05) is 25.6 Å². The Morgan fingerprint density at radius 2 is 2.00 bits per heavy atom. The van der Waals surface area contributed by atoms with E-state index in [1.807, 2.05) is 6.92 Å². The second-order valence-electron chi connectivity index (χ2n) is 6.20. The van der Waals surface area contributed by atoms with Crippen LogP contribution in [0, 0.1) is 5.41 Å². The molecule has 1 aliphatic rings. The summed E-state index contributed by atoms with van der Waals surface area (Å²) in [5.74, 6) is -0.421. The Morgan fingerprint density at radius 3 is 2.62 bits per heavy atom. The summed E-state index contributed by atoms with van der Waals surface area (Å²) in [6.07, 6.45) is 4.35. The third kappa shape index (κ3) is 4.06. The van der Waals surface area contributed by atoms with Crippen LogP contribution in [0.5, 0.6) is 5.75 Å². The van der Waals surface area contributed by atoms with E-state index in [0.29, 0.717) is 25.2 Å². The number of amides is 2. The van der Waals surface area contributed by atoms with Gasteiger partial charge in [0.2, 0.25) is 5.91 Å². The maximum atomic E-state index is 12.9. The number of carbonyl (C=O) groups is 2. The van der Waals surface area contributed by atoms with Crippen LogP contribution in [0.3, 0.4) is 0 Å². The smallest absolute Gasteiger partial charge is 0.251 e. The molecule has 1 aromatic rings. The fraction of sp³-hybridized carbons (Fsp3) is 0.556. The van der Waals surface area contributed by atoms with Crippen LogP contribution in [0.2, 0.25) is 0 Å². The lowest BCUT2D eigenvalue weighted by Crippen LogP contribution is -2.35. The van der Waals surface area contributed by atoms with Gasteiger partial charge in [-0.15, -0.1) is 0 Å². The summed E-state index contributed by atoms with van der Waals surface area (Å²) in [6.45, 7) is 3.12. The van der Waals surface area contributed by atoms with E-state index in [2.05, 4.69) is 10.6 Å². The Kier molecular flexibility index (Phi) is 6.20. The number of hydrogen-bond donors (Lipinski definition) is 3. The first kappa shape index (κ1) is 18.3. The highest BCUT2D eigenvalue weighted by atomic mass is 16.5. The molecule has 3 N–H and O–H groups in total. The van der Waals surface area contributed by atoms with Crippen molar-refractivity contribution in [3.63, 3.8) is 0 Å². The van der Waals surface area contributed by atoms with E-state index in [1.54, 1.807) is 0 Å². The Hall–Kier alpha value is -2.08. The second kappa shape index (κ2) is 8.15. The summed E-state index contributed by atoms with van der Waals surface area (Å²) in [6, 6.07) is 4.43. The zero-order chi connectivity index (χ0) is 17.6. The van der Waals surface area contributed by atoms with Crippen LogP contribution in [0.15, 0.2) is 18.2 Å². The topological polar surface area (TPSA) is 87.7 Å². The standard InChI is InChI=1S/C18H26N2O4/c1-3-24-11-10-18(8-4-5-9-18)17(23)20-14-12-13(16(22)19-2)6-7-15(14)21/h6-7,12,21H,3-5,8-11H2,1-2H3,(H,19,22)(H,20,23). The third-order valence-electron chi connectivity index (χ3n) is 4.71. The minimum atomic E-state index is -0.454. The molecule has 0 unspecified atom stereocenters. The third-order valence-corrected chi connectivity index (χ3v) is 4.71. The molecular formula is C18H26N2O4. The van der Waals surface area contributed by atoms with Crippen molar-refractivity contribution >= 4 is 17.5 Å². The molecule has 2 amide bonds. The molecule has 6 heteroatoms. The van der Waals surface area contributed by atoms with Crippen molar-refractivity contribution in [2.45, 2.75) is 39.0 Å². The van der Waals surface area contributed by atoms with Crippen LogP contribution in [0.25, 0.3) is 0 Å². The number of benzene rings is 1. The van der Waals surface area contributed by atoms with Gasteiger partial charge in [-0.3, -0.25) is 9.59 Å². The fourth-order valence-corrected chi connectivity index (χ4v) is 3.23. The van der Waals surface area contributed by atoms with E-state index < -0.39 is 5.41 Å². The number of phenolic OH excluding ortho intramolecular Hbond substituents is 1. The number of ether oxygens (including phenoxy) is 1. The lowest BCUT2D eigenvalue weighted by atomic mass is 9.82. The number of phenols is 1. The van der Waals surface area contributed by atoms with E-state index in [9.17, 15) is 14.7 Å². The maximum absolute atomic E-state index is 12.9. The quantitative estimate of drug-likeness (QED) is 0.528. The van der Waals surface area contributed by atoms with Gasteiger partial charge in [0.1, 0.15) is 5.75 Å². The fourth-order valence-electron chi connectivity index (χ4n) is 3.23. The molecule has 0 atom stereocenters. The average Bonchev–Trinajstić information content (AvgIpc) is 3.06. The minimum Gasteiger partial charge on any atom is -0.506 e. The first-order chi connectivity index (χ1) is 11.5. The van der Waals surface area contributed by atoms with Gasteiger partial charge < -0.3 is 20.5 Å². The highest BCUT2D eigenvalue weighted by Crippen LogP contribution is 2.42. The summed E-state index contributed by atoms with van der Waals surface area (Å²) in [5.41, 5.74) is 0.203. The van der Waals surface area contributed by atoms with E-state index in [1.165, 1.54) is 25.2 Å². The van der Waals surface area contributed by atoms with Gasteiger partial charge in [0.15, 0.2) is 0 Å². The molecular weight excluding hydrogens is 308 g/mol. The van der Waals surface area contributed by atoms with Crippen LogP contribution < -0.4 is 10.6 Å². The summed E-state index contributed by atoms with van der Waals surface area (Å²) < 4.78 is 5.43. The van der Waals surface area contributed by atoms with E-state index in [-0.39, 0.29) is 23.3 Å². The molecule has 0 aliphatic heterocycles. The zero-order valence-corrected chi connectivity index (χ0v) is 14.4. The lowest BCUT2D eigenvalue weighted by molar-refractivity contribution is -0.126. The van der Waals surface area contributed by atoms with Gasteiger partial charge >= 0.3 is 0 Å². The van der Waals surface area contributed by atoms with Crippen molar-refractivity contribution in [1.82, 2.24) is 5.32 Å². The molecule has 0 saturated heterocycles. The van der Waals surface area contributed by atoms with E-state index in [0.717, 1.165) is 25.7 Å². The SMILES string of the molecule is CCOCCC1(C(=O)Nc2cc(C(=O)NC)ccc2O)CCCC1. The molecule has 0 bridgehead atoms. The second-order valence-corrected chi connectivity index (χ2v) is 6.20. The first-order valence-electron chi connectivity index (χ1n) is 8.47. The Labute approximate surface area is 142 Å². The summed E-state index contributed by atoms with van der Waals surface area (Å²) in [4.78, 5) is 24.6. The Morgan fingerprint density at radius 1 is 1.29 bits per heavy atom. The maximum Gasteiger partial charge on any atom is 0.251 e. The number of aromatic hydroxyl groups is 1. The van der Waals surface area contributed by atoms with Crippen LogP contribution in [-0.2, 0) is 9.53 Å². The summed E-state index contributed by atoms with van der Waals surface area (Å²) in [7, 11) is 1.54. The van der Waals surface area contributed by atoms with Crippen LogP contribution in [0.4, 0.5) is 5.69 Å². The number of nitrogens with one attached hydrogen (secondary N) is 2. The Balaban J connectivity index is 2.16. The van der Waals surface area contributed by atoms with Gasteiger partial charge in [-0.1, -0.05) is 12.8 Å². The molecule has 0 spiro atoms. The molecule has 1 fully saturated rings. The molecule has 6 nitrogen and oxygen atoms in total. The van der Waals surface area contributed by atoms with Crippen LogP contribution in [0.1, 0.15) is 49.4 Å². The lowest BCUT2D eigenvalue weighted by Gasteiger charge is -2.27. The van der Waals surface area contributed by atoms with Gasteiger partial charge in [0.05, 0.1) is 11.1 Å². The monoisotopic (exact) mass is 334 g/mol. The number of hydrogen-bond acceptors (Lipinski definition) is 4. The molecule has 1 aromatic carbocycles. The van der Waals surface area contributed by atoms with Crippen molar-refractivity contribution in [3.05, 3.63) is 23.8 Å². The van der Waals surface area contributed by atoms with Crippen LogP contribution in [-0.4, -0.2) is 37.2 Å². The van der Waals surface area contributed by atoms with Gasteiger partial charge in [-0.05, 0) is 44.4 Å². The number of anilines is 1. The van der Waals surface area contributed by atoms with Gasteiger partial charge in [0.25, 0.3) is 5.91 Å². The predicted octanol–water partition coefficient (Wildman–Crippen LogP) is 2.68. The average molecular weight is 334 g/mol. The largest absolute Gasteiger partial charge is 0.506 e. The molecule has 0 radical (unpaired) electrons. The molecule has 132 valence electrons. The molecule has 0 heterocycles. The zero-order valence-electron chi connectivity index (χ0n) is 14.4. The highest BCUT2D eigenvalue weighted by molar-refractivity contribution is 6.00. The summed E-state index contributed by atoms with van der Waals surface area (Å²) >= 11 is 0. The van der Waals surface area contributed by atoms with Gasteiger partial charge in [-0.25, -0.2) is 0 Å². The summed E-state index contributed by atoms with van der Waals surface area (Å²) in [5, 5.41) is 15.4. The predicted molar refractivity (Wildman–Crippen MR) is 92.1 cm³/mol. The number of rotatable bonds is 7. The van der Waals surface area contributed by atoms with Gasteiger partial charge in [0, 0.05) is 25.8 Å². The van der Waals surface area contributed by atoms with E-state index in [4.69, 9.17) is 4.74 Å². The number of carbonyl (C=O) groups excluding carboxylic acids is 2. The molecule has 24 heavy (non-hydrogen) atoms. The van der Waals surface area contributed by atoms with Crippen molar-refractivity contribution in [1.29, 1.82) is 0 Å². The van der Waals surface area contributed by atoms with Crippen molar-refractivity contribution in [3.8, 4) is 5.75 Å². The van der Waals surface area contributed by atoms with Crippen molar-refractivity contribution in [2.24, 2.45) is 5.41 Å². The van der Waals surface area contributed by atoms with E-state index >= 15 is 0 Å². The van der Waals surface area contributed by atoms with Crippen LogP contribution >= 0.6 is 0 Å². The normalized spacial score (nSPS) is 15.9. The molecule has 0 aromatic heterocycles. The van der Waals surface area contributed by atoms with Crippen molar-refractivity contribution < 1.29 is 19.4 Å². The first-order valence-corrected chi connectivity index (χ1v) is 8.47. The molecule has 2 rings (SSSR count). The Bertz CT molecular complexity index is 595. The minimum absolute atomic E-state index is 0.0473. The highest BCUT2D eigenvalue weighted by Gasteiger charge is 2.40. The molecule has 1 aliphatic carbocycles. The van der Waals surface area contributed by atoms with Gasteiger partial charge in [-0.2, -0.15) is 0 Å². The molecule has 1 saturated carbocycles.